The number of benzene rings is 1. The van der Waals surface area contributed by atoms with E-state index in [2.05, 4.69) is 21.2 Å². The van der Waals surface area contributed by atoms with Crippen molar-refractivity contribution in [1.29, 1.82) is 0 Å². The summed E-state index contributed by atoms with van der Waals surface area (Å²) in [5, 5.41) is 4.45. The minimum Gasteiger partial charge on any atom is -0.455 e. The highest BCUT2D eigenvalue weighted by atomic mass is 35.5. The fraction of sp³-hybridized carbons (Fsp3) is 0.192. The fourth-order valence-corrected chi connectivity index (χ4v) is 3.99. The van der Waals surface area contributed by atoms with E-state index in [1.807, 2.05) is 39.0 Å². The number of nitrogens with one attached hydrogen (secondary N) is 1. The maximum Gasteiger partial charge on any atom is 0.196 e. The van der Waals surface area contributed by atoms with Crippen molar-refractivity contribution >= 4 is 28.3 Å². The van der Waals surface area contributed by atoms with Gasteiger partial charge < -0.3 is 9.73 Å². The standard InChI is InChI=1S/C26H22ClN3O2/c1-6-18-11-19(13-28-12-18)25-15(3)24(31)21-10-14(2)9-20(26(21)32-25)16(4)29-22-7-8-23(27)30-17(22)5/h1,7-13,16,29H,2-5H3/t16-/m1/s1. The molecule has 0 radical (unpaired) electrons. The molecule has 0 unspecified atom stereocenters. The van der Waals surface area contributed by atoms with Crippen molar-refractivity contribution in [2.45, 2.75) is 33.7 Å². The summed E-state index contributed by atoms with van der Waals surface area (Å²) in [6.45, 7) is 7.63. The molecule has 0 spiro atoms. The van der Waals surface area contributed by atoms with Crippen LogP contribution in [0.1, 0.15) is 40.9 Å². The summed E-state index contributed by atoms with van der Waals surface area (Å²) < 4.78 is 6.37. The van der Waals surface area contributed by atoms with E-state index >= 15 is 0 Å². The van der Waals surface area contributed by atoms with Crippen LogP contribution in [0.3, 0.4) is 0 Å². The van der Waals surface area contributed by atoms with Gasteiger partial charge in [0.15, 0.2) is 5.43 Å². The molecule has 160 valence electrons. The van der Waals surface area contributed by atoms with Gasteiger partial charge in [-0.25, -0.2) is 4.98 Å². The number of nitrogens with zero attached hydrogens (tertiary/aromatic N) is 2. The number of pyridine rings is 2. The Morgan fingerprint density at radius 1 is 1.16 bits per heavy atom. The lowest BCUT2D eigenvalue weighted by Crippen LogP contribution is -2.13. The third kappa shape index (κ3) is 3.98. The first kappa shape index (κ1) is 21.6. The van der Waals surface area contributed by atoms with E-state index in [1.165, 1.54) is 0 Å². The highest BCUT2D eigenvalue weighted by Gasteiger charge is 2.19. The molecule has 1 atom stereocenters. The molecule has 3 heterocycles. The van der Waals surface area contributed by atoms with Crippen LogP contribution >= 0.6 is 11.6 Å². The second-order valence-corrected chi connectivity index (χ2v) is 8.24. The molecule has 0 bridgehead atoms. The topological polar surface area (TPSA) is 68.0 Å². The van der Waals surface area contributed by atoms with Crippen molar-refractivity contribution in [3.63, 3.8) is 0 Å². The van der Waals surface area contributed by atoms with Crippen LogP contribution < -0.4 is 10.7 Å². The highest BCUT2D eigenvalue weighted by Crippen LogP contribution is 2.32. The van der Waals surface area contributed by atoms with Crippen LogP contribution in [0.25, 0.3) is 22.3 Å². The molecule has 0 aliphatic carbocycles. The highest BCUT2D eigenvalue weighted by molar-refractivity contribution is 6.29. The average Bonchev–Trinajstić information content (AvgIpc) is 2.78. The van der Waals surface area contributed by atoms with Crippen molar-refractivity contribution < 1.29 is 4.42 Å². The van der Waals surface area contributed by atoms with Crippen molar-refractivity contribution in [3.05, 3.63) is 86.0 Å². The first-order valence-corrected chi connectivity index (χ1v) is 10.6. The maximum atomic E-state index is 13.3. The summed E-state index contributed by atoms with van der Waals surface area (Å²) in [7, 11) is 0. The van der Waals surface area contributed by atoms with Crippen LogP contribution in [-0.2, 0) is 0 Å². The lowest BCUT2D eigenvalue weighted by molar-refractivity contribution is 0.605. The predicted octanol–water partition coefficient (Wildman–Crippen LogP) is 5.98. The third-order valence-corrected chi connectivity index (χ3v) is 5.66. The normalized spacial score (nSPS) is 11.9. The number of aromatic nitrogens is 2. The van der Waals surface area contributed by atoms with Crippen LogP contribution in [0.15, 0.2) is 51.9 Å². The molecule has 1 N–H and O–H groups in total. The summed E-state index contributed by atoms with van der Waals surface area (Å²) in [6.07, 6.45) is 8.77. The summed E-state index contributed by atoms with van der Waals surface area (Å²) >= 11 is 5.99. The fourth-order valence-electron chi connectivity index (χ4n) is 3.80. The molecule has 0 amide bonds. The number of fused-ring (bicyclic) bond motifs is 1. The van der Waals surface area contributed by atoms with Gasteiger partial charge in [0.2, 0.25) is 0 Å². The Labute approximate surface area is 191 Å². The number of halogens is 1. The molecule has 32 heavy (non-hydrogen) atoms. The van der Waals surface area contributed by atoms with Crippen LogP contribution in [0.5, 0.6) is 0 Å². The van der Waals surface area contributed by atoms with Gasteiger partial charge in [-0.2, -0.15) is 0 Å². The van der Waals surface area contributed by atoms with Gasteiger partial charge in [-0.1, -0.05) is 23.6 Å². The smallest absolute Gasteiger partial charge is 0.196 e. The molecular weight excluding hydrogens is 422 g/mol. The molecule has 0 saturated carbocycles. The number of hydrogen-bond acceptors (Lipinski definition) is 5. The van der Waals surface area contributed by atoms with Crippen molar-refractivity contribution in [3.8, 4) is 23.7 Å². The van der Waals surface area contributed by atoms with Gasteiger partial charge in [-0.05, 0) is 57.5 Å². The first-order valence-electron chi connectivity index (χ1n) is 10.2. The van der Waals surface area contributed by atoms with Gasteiger partial charge in [0.1, 0.15) is 16.5 Å². The quantitative estimate of drug-likeness (QED) is 0.310. The minimum atomic E-state index is -0.159. The van der Waals surface area contributed by atoms with E-state index in [-0.39, 0.29) is 11.5 Å². The molecule has 4 rings (SSSR count). The Morgan fingerprint density at radius 2 is 1.94 bits per heavy atom. The molecule has 0 aliphatic rings. The zero-order valence-corrected chi connectivity index (χ0v) is 19.0. The molecule has 4 aromatic rings. The van der Waals surface area contributed by atoms with Gasteiger partial charge in [-0.3, -0.25) is 9.78 Å². The third-order valence-electron chi connectivity index (χ3n) is 5.45. The molecule has 3 aromatic heterocycles. The molecule has 0 aliphatic heterocycles. The molecule has 0 fully saturated rings. The Hall–Kier alpha value is -3.62. The van der Waals surface area contributed by atoms with Crippen molar-refractivity contribution in [2.24, 2.45) is 0 Å². The molecule has 6 heteroatoms. The van der Waals surface area contributed by atoms with E-state index < -0.39 is 0 Å². The van der Waals surface area contributed by atoms with E-state index in [9.17, 15) is 4.79 Å². The van der Waals surface area contributed by atoms with Crippen LogP contribution in [0.2, 0.25) is 5.15 Å². The second-order valence-electron chi connectivity index (χ2n) is 7.86. The summed E-state index contributed by atoms with van der Waals surface area (Å²) in [5.74, 6) is 3.04. The largest absolute Gasteiger partial charge is 0.455 e. The van der Waals surface area contributed by atoms with Gasteiger partial charge in [0.25, 0.3) is 0 Å². The molecule has 1 aromatic carbocycles. The summed E-state index contributed by atoms with van der Waals surface area (Å²) in [5.41, 5.74) is 5.76. The Bertz CT molecular complexity index is 1450. The zero-order valence-electron chi connectivity index (χ0n) is 18.3. The number of anilines is 1. The Morgan fingerprint density at radius 3 is 2.66 bits per heavy atom. The monoisotopic (exact) mass is 443 g/mol. The van der Waals surface area contributed by atoms with E-state index in [1.54, 1.807) is 31.5 Å². The van der Waals surface area contributed by atoms with Gasteiger partial charge in [0, 0.05) is 34.6 Å². The van der Waals surface area contributed by atoms with E-state index in [0.717, 1.165) is 22.5 Å². The van der Waals surface area contributed by atoms with Crippen molar-refractivity contribution in [2.75, 3.05) is 5.32 Å². The lowest BCUT2D eigenvalue weighted by atomic mass is 9.99. The summed E-state index contributed by atoms with van der Waals surface area (Å²) in [6, 6.07) is 9.15. The van der Waals surface area contributed by atoms with Gasteiger partial charge in [-0.15, -0.1) is 6.42 Å². The SMILES string of the molecule is C#Cc1cncc(-c2oc3c([C@@H](C)Nc4ccc(Cl)nc4C)cc(C)cc3c(=O)c2C)c1. The van der Waals surface area contributed by atoms with Crippen LogP contribution in [0, 0.1) is 33.1 Å². The predicted molar refractivity (Wildman–Crippen MR) is 129 cm³/mol. The van der Waals surface area contributed by atoms with E-state index in [0.29, 0.717) is 38.6 Å². The van der Waals surface area contributed by atoms with Crippen molar-refractivity contribution in [1.82, 2.24) is 9.97 Å². The molecule has 0 saturated heterocycles. The first-order chi connectivity index (χ1) is 15.3. The summed E-state index contributed by atoms with van der Waals surface area (Å²) in [4.78, 5) is 21.8. The zero-order chi connectivity index (χ0) is 23.0. The van der Waals surface area contributed by atoms with Gasteiger partial charge >= 0.3 is 0 Å². The number of rotatable bonds is 4. The minimum absolute atomic E-state index is 0.0751. The van der Waals surface area contributed by atoms with Crippen LogP contribution in [0.4, 0.5) is 5.69 Å². The van der Waals surface area contributed by atoms with Gasteiger partial charge in [0.05, 0.1) is 22.8 Å². The lowest BCUT2D eigenvalue weighted by Gasteiger charge is -2.19. The van der Waals surface area contributed by atoms with E-state index in [4.69, 9.17) is 22.4 Å². The second kappa shape index (κ2) is 8.49. The number of hydrogen-bond donors (Lipinski definition) is 1. The van der Waals surface area contributed by atoms with Crippen LogP contribution in [-0.4, -0.2) is 9.97 Å². The maximum absolute atomic E-state index is 13.3. The molecular formula is C26H22ClN3O2. The average molecular weight is 444 g/mol. The Kier molecular flexibility index (Phi) is 5.73. The Balaban J connectivity index is 1.90. The molecule has 5 nitrogen and oxygen atoms in total. The number of terminal acetylenes is 1. The number of aryl methyl sites for hydroxylation is 2.